The van der Waals surface area contributed by atoms with E-state index in [4.69, 9.17) is 19.3 Å². The van der Waals surface area contributed by atoms with Crippen LogP contribution in [0.25, 0.3) is 0 Å². The van der Waals surface area contributed by atoms with E-state index in [0.29, 0.717) is 0 Å². The van der Waals surface area contributed by atoms with Gasteiger partial charge in [0.15, 0.2) is 12.6 Å². The Labute approximate surface area is 126 Å². The number of rotatable bonds is 3. The summed E-state index contributed by atoms with van der Waals surface area (Å²) in [5, 5.41) is 67.6. The highest BCUT2D eigenvalue weighted by atomic mass is 16.7. The molecule has 0 saturated carbocycles. The Bertz CT molecular complexity index is 368. The van der Waals surface area contributed by atoms with Crippen LogP contribution in [0, 0.1) is 0 Å². The number of aliphatic hydroxyl groups is 7. The molecule has 10 atom stereocenters. The molecule has 10 heteroatoms. The van der Waals surface area contributed by atoms with E-state index in [9.17, 15) is 30.6 Å². The van der Waals surface area contributed by atoms with E-state index >= 15 is 0 Å². The molecule has 0 aliphatic carbocycles. The van der Waals surface area contributed by atoms with Gasteiger partial charge < -0.3 is 50.0 Å². The summed E-state index contributed by atoms with van der Waals surface area (Å²) in [7, 11) is 0. The van der Waals surface area contributed by atoms with Crippen molar-refractivity contribution in [2.75, 3.05) is 6.61 Å². The fourth-order valence-corrected chi connectivity index (χ4v) is 2.51. The van der Waals surface area contributed by atoms with E-state index in [-0.39, 0.29) is 0 Å². The lowest BCUT2D eigenvalue weighted by Gasteiger charge is -2.44. The fraction of sp³-hybridized carbons (Fsp3) is 1.00. The molecule has 2 fully saturated rings. The molecular formula is C12H22O10. The van der Waals surface area contributed by atoms with E-state index < -0.39 is 68.0 Å². The Hall–Kier alpha value is -0.400. The summed E-state index contributed by atoms with van der Waals surface area (Å²) >= 11 is 0. The van der Waals surface area contributed by atoms with Crippen LogP contribution in [0.15, 0.2) is 0 Å². The zero-order valence-corrected chi connectivity index (χ0v) is 11.8. The van der Waals surface area contributed by atoms with Crippen molar-refractivity contribution in [2.45, 2.75) is 68.3 Å². The number of aliphatic hydroxyl groups excluding tert-OH is 7. The summed E-state index contributed by atoms with van der Waals surface area (Å²) in [4.78, 5) is 0. The van der Waals surface area contributed by atoms with Crippen LogP contribution < -0.4 is 0 Å². The molecule has 0 unspecified atom stereocenters. The number of hydrogen-bond donors (Lipinski definition) is 7. The van der Waals surface area contributed by atoms with Crippen LogP contribution >= 0.6 is 0 Å². The van der Waals surface area contributed by atoms with Gasteiger partial charge in [-0.25, -0.2) is 0 Å². The van der Waals surface area contributed by atoms with Crippen molar-refractivity contribution in [3.05, 3.63) is 0 Å². The molecular weight excluding hydrogens is 304 g/mol. The lowest BCUT2D eigenvalue weighted by Crippen LogP contribution is -2.63. The average molecular weight is 326 g/mol. The molecule has 0 aromatic heterocycles. The largest absolute Gasteiger partial charge is 0.394 e. The first-order valence-electron chi connectivity index (χ1n) is 6.93. The van der Waals surface area contributed by atoms with Gasteiger partial charge in [0.1, 0.15) is 42.7 Å². The Kier molecular flexibility index (Phi) is 5.72. The second kappa shape index (κ2) is 7.01. The fourth-order valence-electron chi connectivity index (χ4n) is 2.51. The predicted octanol–water partition coefficient (Wildman–Crippen LogP) is -4.37. The SMILES string of the molecule is C[C@@H]1O[C@@H](O[C@@H]2[C@H](O)[C@@H](O)O[C@H](CO)[C@H]2O)[C@H](O)[C@H](O)[C@H]1O. The summed E-state index contributed by atoms with van der Waals surface area (Å²) in [5.74, 6) is 0. The highest BCUT2D eigenvalue weighted by Crippen LogP contribution is 2.28. The van der Waals surface area contributed by atoms with Crippen molar-refractivity contribution in [1.29, 1.82) is 0 Å². The second-order valence-corrected chi connectivity index (χ2v) is 5.51. The maximum atomic E-state index is 9.99. The maximum Gasteiger partial charge on any atom is 0.187 e. The van der Waals surface area contributed by atoms with Crippen molar-refractivity contribution in [1.82, 2.24) is 0 Å². The molecule has 10 nitrogen and oxygen atoms in total. The first-order chi connectivity index (χ1) is 10.3. The van der Waals surface area contributed by atoms with Gasteiger partial charge in [-0.15, -0.1) is 0 Å². The van der Waals surface area contributed by atoms with E-state index in [2.05, 4.69) is 0 Å². The van der Waals surface area contributed by atoms with E-state index in [1.807, 2.05) is 0 Å². The predicted molar refractivity (Wildman–Crippen MR) is 67.2 cm³/mol. The van der Waals surface area contributed by atoms with Gasteiger partial charge in [-0.1, -0.05) is 0 Å². The standard InChI is InChI=1S/C12H22O10/c1-3-5(14)7(16)8(17)12(20-3)22-10-6(15)4(2-13)21-11(19)9(10)18/h3-19H,2H2,1H3/t3-,4+,5-,6+,7+,8+,9-,10-,11-,12-/m0/s1. The molecule has 2 aliphatic rings. The van der Waals surface area contributed by atoms with Gasteiger partial charge in [-0.3, -0.25) is 0 Å². The number of ether oxygens (including phenoxy) is 3. The van der Waals surface area contributed by atoms with E-state index in [0.717, 1.165) is 0 Å². The van der Waals surface area contributed by atoms with Gasteiger partial charge in [0, 0.05) is 0 Å². The molecule has 0 aromatic carbocycles. The monoisotopic (exact) mass is 326 g/mol. The molecule has 0 aromatic rings. The van der Waals surface area contributed by atoms with Crippen LogP contribution in [0.2, 0.25) is 0 Å². The third-order valence-corrected chi connectivity index (χ3v) is 3.94. The summed E-state index contributed by atoms with van der Waals surface area (Å²) in [6.45, 7) is 0.814. The molecule has 7 N–H and O–H groups in total. The minimum atomic E-state index is -1.71. The lowest BCUT2D eigenvalue weighted by molar-refractivity contribution is -0.352. The highest BCUT2D eigenvalue weighted by Gasteiger charge is 2.49. The third kappa shape index (κ3) is 3.26. The molecule has 22 heavy (non-hydrogen) atoms. The van der Waals surface area contributed by atoms with Crippen molar-refractivity contribution in [2.24, 2.45) is 0 Å². The van der Waals surface area contributed by atoms with E-state index in [1.165, 1.54) is 6.92 Å². The molecule has 2 rings (SSSR count). The lowest BCUT2D eigenvalue weighted by atomic mass is 9.97. The van der Waals surface area contributed by atoms with E-state index in [1.54, 1.807) is 0 Å². The molecule has 0 radical (unpaired) electrons. The van der Waals surface area contributed by atoms with Crippen molar-refractivity contribution < 1.29 is 50.0 Å². The Balaban J connectivity index is 2.10. The van der Waals surface area contributed by atoms with Crippen molar-refractivity contribution in [3.63, 3.8) is 0 Å². The van der Waals surface area contributed by atoms with Crippen LogP contribution in [0.1, 0.15) is 6.92 Å². The van der Waals surface area contributed by atoms with Crippen molar-refractivity contribution >= 4 is 0 Å². The molecule has 2 aliphatic heterocycles. The minimum absolute atomic E-state index is 0.628. The Morgan fingerprint density at radius 2 is 1.45 bits per heavy atom. The summed E-state index contributed by atoms with van der Waals surface area (Å²) in [6, 6.07) is 0. The normalized spacial score (nSPS) is 53.5. The van der Waals surface area contributed by atoms with Crippen LogP contribution in [0.4, 0.5) is 0 Å². The summed E-state index contributed by atoms with van der Waals surface area (Å²) in [5.41, 5.74) is 0. The zero-order chi connectivity index (χ0) is 16.6. The van der Waals surface area contributed by atoms with Gasteiger partial charge in [-0.05, 0) is 6.92 Å². The first kappa shape index (κ1) is 17.9. The van der Waals surface area contributed by atoms with Gasteiger partial charge in [-0.2, -0.15) is 0 Å². The molecule has 0 spiro atoms. The van der Waals surface area contributed by atoms with Crippen LogP contribution in [0.5, 0.6) is 0 Å². The Morgan fingerprint density at radius 1 is 0.818 bits per heavy atom. The van der Waals surface area contributed by atoms with Crippen LogP contribution in [-0.4, -0.2) is 104 Å². The van der Waals surface area contributed by atoms with Gasteiger partial charge in [0.2, 0.25) is 0 Å². The van der Waals surface area contributed by atoms with Crippen LogP contribution in [0.3, 0.4) is 0 Å². The zero-order valence-electron chi connectivity index (χ0n) is 11.8. The van der Waals surface area contributed by atoms with Crippen molar-refractivity contribution in [3.8, 4) is 0 Å². The third-order valence-electron chi connectivity index (χ3n) is 3.94. The highest BCUT2D eigenvalue weighted by molar-refractivity contribution is 4.93. The first-order valence-corrected chi connectivity index (χ1v) is 6.93. The molecule has 2 heterocycles. The smallest absolute Gasteiger partial charge is 0.187 e. The molecule has 130 valence electrons. The van der Waals surface area contributed by atoms with Crippen LogP contribution in [-0.2, 0) is 14.2 Å². The maximum absolute atomic E-state index is 9.99. The average Bonchev–Trinajstić information content (AvgIpc) is 2.50. The quantitative estimate of drug-likeness (QED) is 0.269. The molecule has 0 amide bonds. The van der Waals surface area contributed by atoms with Gasteiger partial charge in [0.05, 0.1) is 12.7 Å². The molecule has 0 bridgehead atoms. The minimum Gasteiger partial charge on any atom is -0.394 e. The van der Waals surface area contributed by atoms with Gasteiger partial charge >= 0.3 is 0 Å². The molecule has 2 saturated heterocycles. The second-order valence-electron chi connectivity index (χ2n) is 5.51. The summed E-state index contributed by atoms with van der Waals surface area (Å²) in [6.07, 6.45) is -14.3. The summed E-state index contributed by atoms with van der Waals surface area (Å²) < 4.78 is 15.3. The topological polar surface area (TPSA) is 169 Å². The van der Waals surface area contributed by atoms with Gasteiger partial charge in [0.25, 0.3) is 0 Å². The number of hydrogen-bond acceptors (Lipinski definition) is 10. The Morgan fingerprint density at radius 3 is 2.05 bits per heavy atom.